The van der Waals surface area contributed by atoms with E-state index in [1.54, 1.807) is 0 Å². The van der Waals surface area contributed by atoms with Crippen molar-refractivity contribution in [2.24, 2.45) is 5.92 Å². The van der Waals surface area contributed by atoms with E-state index < -0.39 is 28.0 Å². The highest BCUT2D eigenvalue weighted by molar-refractivity contribution is 7.89. The van der Waals surface area contributed by atoms with Crippen molar-refractivity contribution in [1.82, 2.24) is 9.62 Å². The Hall–Kier alpha value is -2.33. The molecule has 2 aliphatic heterocycles. The van der Waals surface area contributed by atoms with E-state index in [0.29, 0.717) is 18.8 Å². The molecule has 0 radical (unpaired) electrons. The molecule has 2 heterocycles. The van der Waals surface area contributed by atoms with Gasteiger partial charge < -0.3 is 14.7 Å². The lowest BCUT2D eigenvalue weighted by atomic mass is 9.90. The zero-order valence-corrected chi connectivity index (χ0v) is 20.5. The molecule has 2 saturated heterocycles. The van der Waals surface area contributed by atoms with Crippen LogP contribution in [0.15, 0.2) is 59.5 Å². The average molecular weight is 505 g/mol. The minimum atomic E-state index is -3.89. The number of amides is 1. The molecule has 3 atom stereocenters. The summed E-state index contributed by atoms with van der Waals surface area (Å²) in [6, 6.07) is 14.3. The van der Waals surface area contributed by atoms with E-state index in [1.807, 2.05) is 11.0 Å². The first-order valence-electron chi connectivity index (χ1n) is 12.2. The van der Waals surface area contributed by atoms with Gasteiger partial charge in [-0.25, -0.2) is 17.5 Å². The van der Waals surface area contributed by atoms with Crippen LogP contribution in [0.5, 0.6) is 0 Å². The zero-order chi connectivity index (χ0) is 24.8. The van der Waals surface area contributed by atoms with Crippen LogP contribution in [-0.2, 0) is 26.0 Å². The summed E-state index contributed by atoms with van der Waals surface area (Å²) in [5, 5.41) is 9.81. The molecule has 2 fully saturated rings. The normalized spacial score (nSPS) is 23.8. The summed E-state index contributed by atoms with van der Waals surface area (Å²) in [7, 11) is -3.89. The van der Waals surface area contributed by atoms with E-state index in [-0.39, 0.29) is 29.9 Å². The van der Waals surface area contributed by atoms with Gasteiger partial charge in [0.05, 0.1) is 36.2 Å². The molecule has 2 aromatic rings. The first-order valence-corrected chi connectivity index (χ1v) is 13.7. The molecular formula is C26H33FN2O5S. The van der Waals surface area contributed by atoms with Gasteiger partial charge in [0.2, 0.25) is 15.9 Å². The summed E-state index contributed by atoms with van der Waals surface area (Å²) < 4.78 is 46.9. The van der Waals surface area contributed by atoms with Crippen molar-refractivity contribution in [3.05, 3.63) is 66.0 Å². The average Bonchev–Trinajstić information content (AvgIpc) is 2.86. The Morgan fingerprint density at radius 2 is 1.71 bits per heavy atom. The summed E-state index contributed by atoms with van der Waals surface area (Å²) in [5.41, 5.74) is 1.33. The molecule has 9 heteroatoms. The Morgan fingerprint density at radius 3 is 2.37 bits per heavy atom. The van der Waals surface area contributed by atoms with Crippen LogP contribution in [0, 0.1) is 11.7 Å². The van der Waals surface area contributed by atoms with E-state index in [0.717, 1.165) is 44.5 Å². The highest BCUT2D eigenvalue weighted by Gasteiger charge is 2.35. The predicted molar refractivity (Wildman–Crippen MR) is 130 cm³/mol. The van der Waals surface area contributed by atoms with Crippen molar-refractivity contribution < 1.29 is 27.4 Å². The number of ether oxygens (including phenoxy) is 1. The Bertz CT molecular complexity index is 1070. The Morgan fingerprint density at radius 1 is 1.03 bits per heavy atom. The van der Waals surface area contributed by atoms with Crippen LogP contribution in [0.25, 0.3) is 0 Å². The van der Waals surface area contributed by atoms with Crippen molar-refractivity contribution >= 4 is 15.9 Å². The van der Waals surface area contributed by atoms with E-state index in [4.69, 9.17) is 4.74 Å². The van der Waals surface area contributed by atoms with E-state index in [9.17, 15) is 22.7 Å². The van der Waals surface area contributed by atoms with Crippen LogP contribution >= 0.6 is 0 Å². The van der Waals surface area contributed by atoms with Gasteiger partial charge in [-0.05, 0) is 67.9 Å². The summed E-state index contributed by atoms with van der Waals surface area (Å²) in [6.07, 6.45) is 3.00. The molecule has 2 N–H and O–H groups in total. The number of carbonyl (C=O) groups is 1. The molecule has 0 spiro atoms. The largest absolute Gasteiger partial charge is 0.394 e. The summed E-state index contributed by atoms with van der Waals surface area (Å²) in [6.45, 7) is 1.09. The smallest absolute Gasteiger partial charge is 0.240 e. The topological polar surface area (TPSA) is 95.9 Å². The number of nitrogens with zero attached hydrogens (tertiary/aromatic N) is 1. The standard InChI is InChI=1S/C26H33FN2O5S/c27-21-6-9-23(10-7-21)35(32,33)28-24-11-8-22(34-25(24)18-30)17-26(31)29-14-12-20(13-15-29)16-19-4-2-1-3-5-19/h1-7,9-10,20,22,24-25,28,30H,8,11-18H2/t22-,24-,25+/m1/s1. The summed E-state index contributed by atoms with van der Waals surface area (Å²) >= 11 is 0. The molecule has 2 aromatic carbocycles. The molecule has 2 aliphatic rings. The zero-order valence-electron chi connectivity index (χ0n) is 19.7. The number of nitrogens with one attached hydrogen (secondary N) is 1. The van der Waals surface area contributed by atoms with Crippen LogP contribution in [0.4, 0.5) is 4.39 Å². The molecule has 0 unspecified atom stereocenters. The van der Waals surface area contributed by atoms with E-state index in [1.165, 1.54) is 17.7 Å². The van der Waals surface area contributed by atoms with Crippen molar-refractivity contribution in [2.45, 2.75) is 61.7 Å². The number of halogens is 1. The second kappa shape index (κ2) is 11.6. The number of benzene rings is 2. The summed E-state index contributed by atoms with van der Waals surface area (Å²) in [4.78, 5) is 14.7. The van der Waals surface area contributed by atoms with Gasteiger partial charge in [-0.1, -0.05) is 30.3 Å². The number of hydrogen-bond donors (Lipinski definition) is 2. The highest BCUT2D eigenvalue weighted by Crippen LogP contribution is 2.26. The Kier molecular flexibility index (Phi) is 8.54. The molecule has 7 nitrogen and oxygen atoms in total. The molecule has 0 aliphatic carbocycles. The fourth-order valence-corrected chi connectivity index (χ4v) is 6.25. The van der Waals surface area contributed by atoms with Crippen molar-refractivity contribution in [3.63, 3.8) is 0 Å². The van der Waals surface area contributed by atoms with Crippen LogP contribution < -0.4 is 4.72 Å². The van der Waals surface area contributed by atoms with Gasteiger partial charge in [-0.3, -0.25) is 4.79 Å². The monoisotopic (exact) mass is 504 g/mol. The van der Waals surface area contributed by atoms with Gasteiger partial charge in [0.15, 0.2) is 0 Å². The quantitative estimate of drug-likeness (QED) is 0.577. The van der Waals surface area contributed by atoms with Gasteiger partial charge in [0, 0.05) is 13.1 Å². The second-order valence-electron chi connectivity index (χ2n) is 9.46. The van der Waals surface area contributed by atoms with E-state index >= 15 is 0 Å². The maximum atomic E-state index is 13.1. The first-order chi connectivity index (χ1) is 16.8. The molecule has 0 bridgehead atoms. The van der Waals surface area contributed by atoms with Gasteiger partial charge in [-0.2, -0.15) is 0 Å². The minimum absolute atomic E-state index is 0.0372. The van der Waals surface area contributed by atoms with Crippen molar-refractivity contribution in [2.75, 3.05) is 19.7 Å². The van der Waals surface area contributed by atoms with Gasteiger partial charge in [-0.15, -0.1) is 0 Å². The number of aliphatic hydroxyl groups is 1. The third-order valence-electron chi connectivity index (χ3n) is 6.96. The van der Waals surface area contributed by atoms with Gasteiger partial charge in [0.25, 0.3) is 0 Å². The van der Waals surface area contributed by atoms with Crippen LogP contribution in [0.1, 0.15) is 37.7 Å². The first kappa shape index (κ1) is 25.8. The number of rotatable bonds is 8. The molecule has 190 valence electrons. The molecule has 35 heavy (non-hydrogen) atoms. The fourth-order valence-electron chi connectivity index (χ4n) is 4.96. The molecular weight excluding hydrogens is 471 g/mol. The molecule has 0 aromatic heterocycles. The predicted octanol–water partition coefficient (Wildman–Crippen LogP) is 2.88. The number of sulfonamides is 1. The maximum absolute atomic E-state index is 13.1. The number of piperidine rings is 1. The van der Waals surface area contributed by atoms with Crippen molar-refractivity contribution in [1.29, 1.82) is 0 Å². The lowest BCUT2D eigenvalue weighted by Gasteiger charge is -2.37. The third kappa shape index (κ3) is 6.88. The minimum Gasteiger partial charge on any atom is -0.394 e. The van der Waals surface area contributed by atoms with Crippen LogP contribution in [-0.4, -0.2) is 62.3 Å². The fraction of sp³-hybridized carbons (Fsp3) is 0.500. The maximum Gasteiger partial charge on any atom is 0.240 e. The van der Waals surface area contributed by atoms with Gasteiger partial charge in [0.1, 0.15) is 5.82 Å². The molecule has 1 amide bonds. The number of carbonyl (C=O) groups excluding carboxylic acids is 1. The van der Waals surface area contributed by atoms with Crippen LogP contribution in [0.3, 0.4) is 0 Å². The van der Waals surface area contributed by atoms with Gasteiger partial charge >= 0.3 is 0 Å². The third-order valence-corrected chi connectivity index (χ3v) is 8.47. The summed E-state index contributed by atoms with van der Waals surface area (Å²) in [5.74, 6) is 0.0855. The Labute approximate surface area is 206 Å². The molecule has 0 saturated carbocycles. The SMILES string of the molecule is O=C(C[C@H]1CC[C@@H](NS(=O)(=O)c2ccc(F)cc2)[C@H](CO)O1)N1CCC(Cc2ccccc2)CC1. The van der Waals surface area contributed by atoms with Crippen molar-refractivity contribution in [3.8, 4) is 0 Å². The highest BCUT2D eigenvalue weighted by atomic mass is 32.2. The number of hydrogen-bond acceptors (Lipinski definition) is 5. The number of aliphatic hydroxyl groups excluding tert-OH is 1. The lowest BCUT2D eigenvalue weighted by molar-refractivity contribution is -0.141. The van der Waals surface area contributed by atoms with E-state index in [2.05, 4.69) is 29.0 Å². The Balaban J connectivity index is 1.25. The second-order valence-corrected chi connectivity index (χ2v) is 11.2. The van der Waals surface area contributed by atoms with Crippen LogP contribution in [0.2, 0.25) is 0 Å². The number of likely N-dealkylation sites (tertiary alicyclic amines) is 1. The lowest BCUT2D eigenvalue weighted by Crippen LogP contribution is -2.51. The molecule has 4 rings (SSSR count).